The van der Waals surface area contributed by atoms with E-state index < -0.39 is 18.2 Å². The Labute approximate surface area is 207 Å². The van der Waals surface area contributed by atoms with Gasteiger partial charge < -0.3 is 25.3 Å². The lowest BCUT2D eigenvalue weighted by Crippen LogP contribution is -2.49. The number of amides is 2. The van der Waals surface area contributed by atoms with E-state index in [2.05, 4.69) is 15.3 Å². The quantitative estimate of drug-likeness (QED) is 0.471. The molecule has 0 radical (unpaired) electrons. The number of nitrogens with one attached hydrogen (secondary N) is 1. The van der Waals surface area contributed by atoms with Gasteiger partial charge in [-0.25, -0.2) is 0 Å². The highest BCUT2D eigenvalue weighted by Gasteiger charge is 2.41. The molecule has 1 saturated heterocycles. The maximum atomic E-state index is 13.1. The number of carbonyl (C=O) groups is 2. The molecule has 2 amide bonds. The standard InChI is InChI=1S/C26H39N5O4/c1-17(2)18(3)26(35)30-15-21(33)14-24(30)25(34)28-22(16-32)19-6-8-20(9-7-19)23-10-11-27-31(23)13-12-29(4)5/h6-11,17-18,21-22,24,32-33H,12-16H2,1-5H3,(H,28,34). The van der Waals surface area contributed by atoms with Crippen LogP contribution in [0.25, 0.3) is 11.3 Å². The molecule has 3 N–H and O–H groups in total. The monoisotopic (exact) mass is 485 g/mol. The van der Waals surface area contributed by atoms with E-state index in [1.807, 2.05) is 69.9 Å². The van der Waals surface area contributed by atoms with Gasteiger partial charge in [0.15, 0.2) is 0 Å². The van der Waals surface area contributed by atoms with Gasteiger partial charge in [0.25, 0.3) is 0 Å². The molecular weight excluding hydrogens is 446 g/mol. The molecule has 2 heterocycles. The molecule has 1 aliphatic heterocycles. The molecule has 3 rings (SSSR count). The molecule has 9 heteroatoms. The zero-order valence-corrected chi connectivity index (χ0v) is 21.4. The average molecular weight is 486 g/mol. The van der Waals surface area contributed by atoms with Gasteiger partial charge in [0.05, 0.1) is 31.0 Å². The fraction of sp³-hybridized carbons (Fsp3) is 0.577. The van der Waals surface area contributed by atoms with Gasteiger partial charge >= 0.3 is 0 Å². The minimum absolute atomic E-state index is 0.131. The van der Waals surface area contributed by atoms with Crippen molar-refractivity contribution in [2.75, 3.05) is 33.8 Å². The third kappa shape index (κ3) is 6.48. The van der Waals surface area contributed by atoms with E-state index in [1.54, 1.807) is 6.20 Å². The number of hydrogen-bond donors (Lipinski definition) is 3. The van der Waals surface area contributed by atoms with Crippen molar-refractivity contribution in [1.29, 1.82) is 0 Å². The Morgan fingerprint density at radius 3 is 2.46 bits per heavy atom. The van der Waals surface area contributed by atoms with Crippen molar-refractivity contribution < 1.29 is 19.8 Å². The highest BCUT2D eigenvalue weighted by molar-refractivity contribution is 5.89. The van der Waals surface area contributed by atoms with E-state index in [0.717, 1.165) is 29.9 Å². The van der Waals surface area contributed by atoms with Gasteiger partial charge in [0.2, 0.25) is 11.8 Å². The van der Waals surface area contributed by atoms with Gasteiger partial charge in [-0.1, -0.05) is 45.0 Å². The van der Waals surface area contributed by atoms with Gasteiger partial charge in [0.1, 0.15) is 6.04 Å². The lowest BCUT2D eigenvalue weighted by molar-refractivity contribution is -0.142. The largest absolute Gasteiger partial charge is 0.394 e. The molecule has 0 spiro atoms. The number of hydrogen-bond acceptors (Lipinski definition) is 6. The highest BCUT2D eigenvalue weighted by Crippen LogP contribution is 2.25. The summed E-state index contributed by atoms with van der Waals surface area (Å²) in [4.78, 5) is 29.6. The SMILES string of the molecule is CC(C)C(C)C(=O)N1CC(O)CC1C(=O)NC(CO)c1ccc(-c2ccnn2CCN(C)C)cc1. The molecule has 4 unspecified atom stereocenters. The predicted molar refractivity (Wildman–Crippen MR) is 134 cm³/mol. The molecule has 4 atom stereocenters. The highest BCUT2D eigenvalue weighted by atomic mass is 16.3. The van der Waals surface area contributed by atoms with Crippen LogP contribution in [0, 0.1) is 11.8 Å². The van der Waals surface area contributed by atoms with Crippen molar-refractivity contribution in [3.63, 3.8) is 0 Å². The number of likely N-dealkylation sites (N-methyl/N-ethyl adjacent to an activating group) is 1. The maximum Gasteiger partial charge on any atom is 0.243 e. The Morgan fingerprint density at radius 2 is 1.86 bits per heavy atom. The van der Waals surface area contributed by atoms with Crippen LogP contribution in [0.2, 0.25) is 0 Å². The first-order valence-electron chi connectivity index (χ1n) is 12.3. The topological polar surface area (TPSA) is 111 Å². The summed E-state index contributed by atoms with van der Waals surface area (Å²) in [6.07, 6.45) is 1.23. The fourth-order valence-corrected chi connectivity index (χ4v) is 4.29. The first-order valence-corrected chi connectivity index (χ1v) is 12.3. The Morgan fingerprint density at radius 1 is 1.17 bits per heavy atom. The maximum absolute atomic E-state index is 13.1. The molecule has 2 aromatic rings. The lowest BCUT2D eigenvalue weighted by atomic mass is 9.96. The number of carbonyl (C=O) groups excluding carboxylic acids is 2. The number of aromatic nitrogens is 2. The molecule has 35 heavy (non-hydrogen) atoms. The summed E-state index contributed by atoms with van der Waals surface area (Å²) in [6, 6.07) is 8.26. The van der Waals surface area contributed by atoms with E-state index in [0.29, 0.717) is 0 Å². The van der Waals surface area contributed by atoms with E-state index in [9.17, 15) is 19.8 Å². The average Bonchev–Trinajstić information content (AvgIpc) is 3.46. The number of aliphatic hydroxyl groups excluding tert-OH is 2. The minimum Gasteiger partial charge on any atom is -0.394 e. The molecule has 0 saturated carbocycles. The number of β-amino-alcohol motifs (C(OH)–C–C–N with tert-alkyl or cyclic N) is 1. The van der Waals surface area contributed by atoms with Gasteiger partial charge in [-0.15, -0.1) is 0 Å². The van der Waals surface area contributed by atoms with Crippen molar-refractivity contribution in [3.05, 3.63) is 42.1 Å². The van der Waals surface area contributed by atoms with Crippen LogP contribution in [-0.4, -0.2) is 87.5 Å². The van der Waals surface area contributed by atoms with Gasteiger partial charge in [0, 0.05) is 31.6 Å². The van der Waals surface area contributed by atoms with Crippen LogP contribution in [0.15, 0.2) is 36.5 Å². The van der Waals surface area contributed by atoms with Crippen LogP contribution >= 0.6 is 0 Å². The Hall–Kier alpha value is -2.75. The summed E-state index contributed by atoms with van der Waals surface area (Å²) in [5.41, 5.74) is 2.75. The van der Waals surface area contributed by atoms with Crippen LogP contribution < -0.4 is 5.32 Å². The zero-order chi connectivity index (χ0) is 25.7. The number of likely N-dealkylation sites (tertiary alicyclic amines) is 1. The molecule has 1 aromatic heterocycles. The summed E-state index contributed by atoms with van der Waals surface area (Å²) in [7, 11) is 4.04. The summed E-state index contributed by atoms with van der Waals surface area (Å²) >= 11 is 0. The molecule has 0 aliphatic carbocycles. The van der Waals surface area contributed by atoms with E-state index in [1.165, 1.54) is 4.90 Å². The molecular formula is C26H39N5O4. The molecule has 1 fully saturated rings. The van der Waals surface area contributed by atoms with Gasteiger partial charge in [-0.05, 0) is 37.2 Å². The summed E-state index contributed by atoms with van der Waals surface area (Å²) in [5, 5.41) is 27.5. The van der Waals surface area contributed by atoms with Crippen LogP contribution in [0.3, 0.4) is 0 Å². The second-order valence-corrected chi connectivity index (χ2v) is 10.0. The summed E-state index contributed by atoms with van der Waals surface area (Å²) < 4.78 is 1.95. The Balaban J connectivity index is 1.71. The fourth-order valence-electron chi connectivity index (χ4n) is 4.29. The van der Waals surface area contributed by atoms with Crippen LogP contribution in [-0.2, 0) is 16.1 Å². The van der Waals surface area contributed by atoms with Gasteiger partial charge in [-0.2, -0.15) is 5.10 Å². The normalized spacial score (nSPS) is 19.9. The van der Waals surface area contributed by atoms with E-state index >= 15 is 0 Å². The number of aliphatic hydroxyl groups is 2. The first kappa shape index (κ1) is 26.8. The second kappa shape index (κ2) is 11.8. The van der Waals surface area contributed by atoms with Crippen molar-refractivity contribution in [3.8, 4) is 11.3 Å². The van der Waals surface area contributed by atoms with E-state index in [-0.39, 0.29) is 43.2 Å². The van der Waals surface area contributed by atoms with Crippen LogP contribution in [0.1, 0.15) is 38.8 Å². The smallest absolute Gasteiger partial charge is 0.243 e. The third-order valence-corrected chi connectivity index (χ3v) is 6.84. The molecule has 1 aliphatic rings. The van der Waals surface area contributed by atoms with Crippen molar-refractivity contribution >= 4 is 11.8 Å². The Kier molecular flexibility index (Phi) is 9.04. The third-order valence-electron chi connectivity index (χ3n) is 6.84. The lowest BCUT2D eigenvalue weighted by Gasteiger charge is -2.29. The molecule has 9 nitrogen and oxygen atoms in total. The van der Waals surface area contributed by atoms with Crippen molar-refractivity contribution in [2.24, 2.45) is 11.8 Å². The second-order valence-electron chi connectivity index (χ2n) is 10.0. The first-order chi connectivity index (χ1) is 16.6. The number of benzene rings is 1. The molecule has 0 bridgehead atoms. The molecule has 1 aromatic carbocycles. The number of nitrogens with zero attached hydrogens (tertiary/aromatic N) is 4. The number of rotatable bonds is 10. The molecule has 192 valence electrons. The van der Waals surface area contributed by atoms with Gasteiger partial charge in [-0.3, -0.25) is 14.3 Å². The Bertz CT molecular complexity index is 988. The van der Waals surface area contributed by atoms with E-state index in [4.69, 9.17) is 0 Å². The summed E-state index contributed by atoms with van der Waals surface area (Å²) in [6.45, 7) is 7.28. The van der Waals surface area contributed by atoms with Crippen molar-refractivity contribution in [2.45, 2.75) is 51.9 Å². The van der Waals surface area contributed by atoms with Crippen LogP contribution in [0.5, 0.6) is 0 Å². The van der Waals surface area contributed by atoms with Crippen LogP contribution in [0.4, 0.5) is 0 Å². The minimum atomic E-state index is -0.752. The van der Waals surface area contributed by atoms with Crippen molar-refractivity contribution in [1.82, 2.24) is 24.9 Å². The predicted octanol–water partition coefficient (Wildman–Crippen LogP) is 1.52. The zero-order valence-electron chi connectivity index (χ0n) is 21.4. The summed E-state index contributed by atoms with van der Waals surface area (Å²) in [5.74, 6) is -0.613.